The third-order valence-electron chi connectivity index (χ3n) is 2.71. The molecule has 92 valence electrons. The number of nitrogens with two attached hydrogens (primary N) is 1. The Morgan fingerprint density at radius 2 is 2.18 bits per heavy atom. The second-order valence-corrected chi connectivity index (χ2v) is 6.03. The van der Waals surface area contributed by atoms with Gasteiger partial charge in [0.1, 0.15) is 0 Å². The second kappa shape index (κ2) is 4.14. The Kier molecular flexibility index (Phi) is 2.94. The zero-order chi connectivity index (χ0) is 12.6. The summed E-state index contributed by atoms with van der Waals surface area (Å²) in [6.07, 6.45) is 2.85. The summed E-state index contributed by atoms with van der Waals surface area (Å²) < 4.78 is 22.9. The first-order valence-corrected chi connectivity index (χ1v) is 7.00. The summed E-state index contributed by atoms with van der Waals surface area (Å²) in [5, 5.41) is 9.77. The van der Waals surface area contributed by atoms with E-state index in [0.29, 0.717) is 5.56 Å². The number of aromatic nitrogens is 1. The van der Waals surface area contributed by atoms with E-state index in [1.807, 2.05) is 0 Å². The molecule has 0 saturated carbocycles. The maximum atomic E-state index is 11.5. The van der Waals surface area contributed by atoms with E-state index in [1.54, 1.807) is 24.4 Å². The Labute approximate surface area is 99.2 Å². The van der Waals surface area contributed by atoms with Crippen molar-refractivity contribution in [2.45, 2.75) is 10.9 Å². The number of hydrogen-bond acceptors (Lipinski definition) is 4. The van der Waals surface area contributed by atoms with Crippen molar-refractivity contribution < 1.29 is 13.5 Å². The van der Waals surface area contributed by atoms with Crippen LogP contribution in [0.5, 0.6) is 0 Å². The highest BCUT2D eigenvalue weighted by molar-refractivity contribution is 7.90. The maximum absolute atomic E-state index is 11.5. The largest absolute Gasteiger partial charge is 0.394 e. The summed E-state index contributed by atoms with van der Waals surface area (Å²) in [6, 6.07) is 4.30. The Morgan fingerprint density at radius 1 is 1.47 bits per heavy atom. The van der Waals surface area contributed by atoms with Gasteiger partial charge in [-0.05, 0) is 23.8 Å². The lowest BCUT2D eigenvalue weighted by molar-refractivity contribution is 0.268. The monoisotopic (exact) mass is 254 g/mol. The number of hydrogen-bond donors (Lipinski definition) is 3. The van der Waals surface area contributed by atoms with Crippen LogP contribution >= 0.6 is 0 Å². The van der Waals surface area contributed by atoms with Gasteiger partial charge in [-0.3, -0.25) is 0 Å². The van der Waals surface area contributed by atoms with Crippen LogP contribution in [0.25, 0.3) is 10.9 Å². The van der Waals surface area contributed by atoms with Crippen molar-refractivity contribution in [3.8, 4) is 0 Å². The second-order valence-electron chi connectivity index (χ2n) is 4.01. The molecule has 1 aromatic carbocycles. The molecule has 0 spiro atoms. The maximum Gasteiger partial charge on any atom is 0.175 e. The average molecular weight is 254 g/mol. The molecule has 1 aromatic heterocycles. The number of benzene rings is 1. The summed E-state index contributed by atoms with van der Waals surface area (Å²) in [5.41, 5.74) is 7.26. The minimum atomic E-state index is -3.24. The van der Waals surface area contributed by atoms with Crippen molar-refractivity contribution in [1.82, 2.24) is 4.98 Å². The van der Waals surface area contributed by atoms with E-state index in [-0.39, 0.29) is 11.5 Å². The minimum absolute atomic E-state index is 0.184. The first kappa shape index (κ1) is 12.1. The molecule has 0 aliphatic heterocycles. The van der Waals surface area contributed by atoms with Gasteiger partial charge in [0.2, 0.25) is 0 Å². The van der Waals surface area contributed by atoms with Crippen molar-refractivity contribution >= 4 is 20.7 Å². The van der Waals surface area contributed by atoms with Crippen molar-refractivity contribution in [2.24, 2.45) is 5.73 Å². The summed E-state index contributed by atoms with van der Waals surface area (Å²) in [7, 11) is -3.24. The molecule has 0 fully saturated rings. The van der Waals surface area contributed by atoms with Crippen LogP contribution in [0.15, 0.2) is 29.3 Å². The first-order valence-electron chi connectivity index (χ1n) is 5.11. The molecule has 5 nitrogen and oxygen atoms in total. The van der Waals surface area contributed by atoms with Crippen LogP contribution < -0.4 is 5.73 Å². The molecule has 17 heavy (non-hydrogen) atoms. The molecular formula is C11H14N2O3S. The summed E-state index contributed by atoms with van der Waals surface area (Å²) in [6.45, 7) is -0.184. The molecule has 0 bridgehead atoms. The van der Waals surface area contributed by atoms with Crippen molar-refractivity contribution in [1.29, 1.82) is 0 Å². The average Bonchev–Trinajstić information content (AvgIpc) is 2.69. The Balaban J connectivity index is 2.66. The molecule has 0 radical (unpaired) electrons. The third kappa shape index (κ3) is 2.19. The number of rotatable bonds is 3. The Morgan fingerprint density at radius 3 is 2.76 bits per heavy atom. The lowest BCUT2D eigenvalue weighted by Crippen LogP contribution is -2.13. The lowest BCUT2D eigenvalue weighted by atomic mass is 10.1. The highest BCUT2D eigenvalue weighted by atomic mass is 32.2. The number of H-pyrrole nitrogens is 1. The lowest BCUT2D eigenvalue weighted by Gasteiger charge is -2.06. The fraction of sp³-hybridized carbons (Fsp3) is 0.273. The zero-order valence-electron chi connectivity index (χ0n) is 9.34. The predicted molar refractivity (Wildman–Crippen MR) is 65.4 cm³/mol. The van der Waals surface area contributed by atoms with Gasteiger partial charge in [-0.15, -0.1) is 0 Å². The highest BCUT2D eigenvalue weighted by Gasteiger charge is 2.14. The number of aromatic amines is 1. The third-order valence-corrected chi connectivity index (χ3v) is 3.82. The van der Waals surface area contributed by atoms with Gasteiger partial charge in [-0.25, -0.2) is 8.42 Å². The fourth-order valence-electron chi connectivity index (χ4n) is 1.76. The number of aliphatic hydroxyl groups excluding tert-OH is 1. The van der Waals surface area contributed by atoms with Crippen molar-refractivity contribution in [3.05, 3.63) is 30.0 Å². The molecule has 4 N–H and O–H groups in total. The van der Waals surface area contributed by atoms with E-state index >= 15 is 0 Å². The van der Waals surface area contributed by atoms with Gasteiger partial charge in [0.25, 0.3) is 0 Å². The normalized spacial score (nSPS) is 14.1. The van der Waals surface area contributed by atoms with Gasteiger partial charge in [-0.1, -0.05) is 0 Å². The highest BCUT2D eigenvalue weighted by Crippen LogP contribution is 2.25. The number of nitrogens with one attached hydrogen (secondary N) is 1. The van der Waals surface area contributed by atoms with Gasteiger partial charge in [-0.2, -0.15) is 0 Å². The Bertz CT molecular complexity index is 646. The molecule has 0 amide bonds. The van der Waals surface area contributed by atoms with Gasteiger partial charge in [0, 0.05) is 23.4 Å². The van der Waals surface area contributed by atoms with Crippen LogP contribution in [0.3, 0.4) is 0 Å². The van der Waals surface area contributed by atoms with Gasteiger partial charge >= 0.3 is 0 Å². The molecule has 6 heteroatoms. The van der Waals surface area contributed by atoms with Crippen molar-refractivity contribution in [3.63, 3.8) is 0 Å². The SMILES string of the molecule is CS(=O)(=O)c1ccc2[nH]cc(C(N)CO)c2c1. The molecule has 2 aromatic rings. The molecule has 2 rings (SSSR count). The zero-order valence-corrected chi connectivity index (χ0v) is 10.2. The molecule has 1 unspecified atom stereocenters. The van der Waals surface area contributed by atoms with Crippen LogP contribution in [0.4, 0.5) is 0 Å². The minimum Gasteiger partial charge on any atom is -0.394 e. The van der Waals surface area contributed by atoms with Crippen molar-refractivity contribution in [2.75, 3.05) is 12.9 Å². The Hall–Kier alpha value is -1.37. The van der Waals surface area contributed by atoms with Crippen LogP contribution in [0.1, 0.15) is 11.6 Å². The van der Waals surface area contributed by atoms with Crippen LogP contribution in [0.2, 0.25) is 0 Å². The molecule has 0 aliphatic rings. The topological polar surface area (TPSA) is 96.2 Å². The van der Waals surface area contributed by atoms with E-state index in [0.717, 1.165) is 17.2 Å². The standard InChI is InChI=1S/C11H14N2O3S/c1-17(15,16)7-2-3-11-8(4-7)9(5-13-11)10(12)6-14/h2-5,10,13-14H,6,12H2,1H3. The first-order chi connectivity index (χ1) is 7.93. The fourth-order valence-corrected chi connectivity index (χ4v) is 2.40. The van der Waals surface area contributed by atoms with Crippen LogP contribution in [-0.4, -0.2) is 31.4 Å². The van der Waals surface area contributed by atoms with Crippen LogP contribution in [-0.2, 0) is 9.84 Å². The van der Waals surface area contributed by atoms with E-state index in [9.17, 15) is 8.42 Å². The van der Waals surface area contributed by atoms with Crippen LogP contribution in [0, 0.1) is 0 Å². The summed E-state index contributed by atoms with van der Waals surface area (Å²) >= 11 is 0. The summed E-state index contributed by atoms with van der Waals surface area (Å²) in [5.74, 6) is 0. The molecule has 1 atom stereocenters. The van der Waals surface area contributed by atoms with E-state index in [2.05, 4.69) is 4.98 Å². The van der Waals surface area contributed by atoms with E-state index in [4.69, 9.17) is 10.8 Å². The number of fused-ring (bicyclic) bond motifs is 1. The molecule has 0 aliphatic carbocycles. The number of sulfone groups is 1. The van der Waals surface area contributed by atoms with Gasteiger partial charge in [0.05, 0.1) is 17.5 Å². The molecule has 1 heterocycles. The van der Waals surface area contributed by atoms with Gasteiger partial charge in [0.15, 0.2) is 9.84 Å². The van der Waals surface area contributed by atoms with E-state index < -0.39 is 15.9 Å². The molecule has 0 saturated heterocycles. The van der Waals surface area contributed by atoms with E-state index in [1.165, 1.54) is 0 Å². The van der Waals surface area contributed by atoms with Gasteiger partial charge < -0.3 is 15.8 Å². The number of aliphatic hydroxyl groups is 1. The quantitative estimate of drug-likeness (QED) is 0.745. The molecular weight excluding hydrogens is 240 g/mol. The smallest absolute Gasteiger partial charge is 0.175 e. The predicted octanol–water partition coefficient (Wildman–Crippen LogP) is 0.564. The summed E-state index contributed by atoms with van der Waals surface area (Å²) in [4.78, 5) is 3.24.